The lowest BCUT2D eigenvalue weighted by Gasteiger charge is -2.38. The monoisotopic (exact) mass is 480 g/mol. The van der Waals surface area contributed by atoms with Gasteiger partial charge in [-0.15, -0.1) is 23.2 Å². The fraction of sp³-hybridized carbons (Fsp3) is 0.467. The molecular weight excluding hydrogens is 442 g/mol. The van der Waals surface area contributed by atoms with Crippen molar-refractivity contribution in [3.8, 4) is 0 Å². The predicted octanol–water partition coefficient (Wildman–Crippen LogP) is 8.04. The van der Waals surface area contributed by atoms with Crippen molar-refractivity contribution in [2.75, 3.05) is 0 Å². The van der Waals surface area contributed by atoms with Gasteiger partial charge in [0, 0.05) is 0 Å². The van der Waals surface area contributed by atoms with Gasteiger partial charge in [0.2, 0.25) is 6.71 Å². The predicted molar refractivity (Wildman–Crippen MR) is 150 cm³/mol. The Bertz CT molecular complexity index is 942. The first-order valence-electron chi connectivity index (χ1n) is 12.5. The second kappa shape index (κ2) is 11.8. The Morgan fingerprint density at radius 1 is 0.818 bits per heavy atom. The van der Waals surface area contributed by atoms with E-state index in [1.807, 2.05) is 0 Å². The minimum Gasteiger partial charge on any atom is -0.102 e. The Morgan fingerprint density at radius 3 is 1.91 bits per heavy atom. The highest BCUT2D eigenvalue weighted by Crippen LogP contribution is 2.35. The number of rotatable bonds is 1. The summed E-state index contributed by atoms with van der Waals surface area (Å²) in [6.07, 6.45) is 18.0. The summed E-state index contributed by atoms with van der Waals surface area (Å²) in [5.41, 5.74) is 8.83. The molecular formula is C30H39BCl2. The second-order valence-corrected chi connectivity index (χ2v) is 12.4. The highest BCUT2D eigenvalue weighted by Gasteiger charge is 2.39. The minimum absolute atomic E-state index is 0.478. The van der Waals surface area contributed by atoms with Crippen LogP contribution in [-0.2, 0) is 6.42 Å². The molecule has 0 spiro atoms. The number of benzene rings is 2. The first kappa shape index (κ1) is 26.2. The SMILES string of the molecule is C1CCCC1.CC(C)(Cl)Cl.Cc1cc(C)c(B2c3ccccc3CC3C=CC=CC23)c(C)c1. The first-order chi connectivity index (χ1) is 15.6. The molecule has 2 aromatic rings. The van der Waals surface area contributed by atoms with Crippen molar-refractivity contribution in [3.05, 3.63) is 83.0 Å². The van der Waals surface area contributed by atoms with Gasteiger partial charge in [0.15, 0.2) is 0 Å². The molecule has 1 saturated carbocycles. The molecule has 0 saturated heterocycles. The quantitative estimate of drug-likeness (QED) is 0.286. The molecule has 33 heavy (non-hydrogen) atoms. The van der Waals surface area contributed by atoms with Crippen LogP contribution in [0.5, 0.6) is 0 Å². The summed E-state index contributed by atoms with van der Waals surface area (Å²) >= 11 is 10.6. The molecule has 2 aromatic carbocycles. The minimum atomic E-state index is -0.556. The molecule has 1 heterocycles. The van der Waals surface area contributed by atoms with E-state index < -0.39 is 4.33 Å². The number of allylic oxidation sites excluding steroid dienone is 4. The van der Waals surface area contributed by atoms with Crippen molar-refractivity contribution in [2.24, 2.45) is 5.92 Å². The van der Waals surface area contributed by atoms with Crippen molar-refractivity contribution in [2.45, 2.75) is 83.3 Å². The van der Waals surface area contributed by atoms with Gasteiger partial charge in [0.25, 0.3) is 0 Å². The van der Waals surface area contributed by atoms with Crippen molar-refractivity contribution in [1.82, 2.24) is 0 Å². The van der Waals surface area contributed by atoms with E-state index in [0.29, 0.717) is 18.4 Å². The van der Waals surface area contributed by atoms with E-state index in [4.69, 9.17) is 23.2 Å². The summed E-state index contributed by atoms with van der Waals surface area (Å²) in [4.78, 5) is 0. The van der Waals surface area contributed by atoms with E-state index in [1.54, 1.807) is 13.8 Å². The number of hydrogen-bond acceptors (Lipinski definition) is 0. The summed E-state index contributed by atoms with van der Waals surface area (Å²) < 4.78 is -0.556. The zero-order chi connectivity index (χ0) is 24.0. The van der Waals surface area contributed by atoms with Crippen LogP contribution < -0.4 is 10.9 Å². The number of fused-ring (bicyclic) bond motifs is 2. The summed E-state index contributed by atoms with van der Waals surface area (Å²) in [6, 6.07) is 13.7. The summed E-state index contributed by atoms with van der Waals surface area (Å²) in [6.45, 7) is 10.7. The van der Waals surface area contributed by atoms with Crippen molar-refractivity contribution >= 4 is 40.8 Å². The third kappa shape index (κ3) is 7.53. The van der Waals surface area contributed by atoms with Crippen molar-refractivity contribution in [3.63, 3.8) is 0 Å². The van der Waals surface area contributed by atoms with E-state index in [9.17, 15) is 0 Å². The molecule has 0 bridgehead atoms. The molecule has 2 aliphatic carbocycles. The normalized spacial score (nSPS) is 20.8. The lowest BCUT2D eigenvalue weighted by molar-refractivity contribution is 0.637. The van der Waals surface area contributed by atoms with Crippen LogP contribution in [0.3, 0.4) is 0 Å². The number of alkyl halides is 2. The van der Waals surface area contributed by atoms with Crippen molar-refractivity contribution < 1.29 is 0 Å². The Morgan fingerprint density at radius 2 is 1.33 bits per heavy atom. The number of hydrogen-bond donors (Lipinski definition) is 0. The van der Waals surface area contributed by atoms with E-state index in [0.717, 1.165) is 0 Å². The van der Waals surface area contributed by atoms with Crippen LogP contribution in [-0.4, -0.2) is 11.0 Å². The maximum atomic E-state index is 5.30. The van der Waals surface area contributed by atoms with Gasteiger partial charge >= 0.3 is 0 Å². The lowest BCUT2D eigenvalue weighted by Crippen LogP contribution is -2.54. The third-order valence-corrected chi connectivity index (χ3v) is 6.83. The van der Waals surface area contributed by atoms with Crippen LogP contribution in [0.1, 0.15) is 68.2 Å². The highest BCUT2D eigenvalue weighted by atomic mass is 35.5. The lowest BCUT2D eigenvalue weighted by atomic mass is 9.27. The van der Waals surface area contributed by atoms with Gasteiger partial charge in [0.05, 0.1) is 0 Å². The van der Waals surface area contributed by atoms with Crippen molar-refractivity contribution in [1.29, 1.82) is 0 Å². The molecule has 0 nitrogen and oxygen atoms in total. The second-order valence-electron chi connectivity index (χ2n) is 10.3. The van der Waals surface area contributed by atoms with Crippen LogP contribution in [0.25, 0.3) is 0 Å². The molecule has 176 valence electrons. The van der Waals surface area contributed by atoms with E-state index >= 15 is 0 Å². The van der Waals surface area contributed by atoms with Crippen LogP contribution in [0.15, 0.2) is 60.7 Å². The molecule has 2 unspecified atom stereocenters. The van der Waals surface area contributed by atoms with Gasteiger partial charge in [0.1, 0.15) is 4.33 Å². The fourth-order valence-corrected chi connectivity index (χ4v) is 5.63. The van der Waals surface area contributed by atoms with Crippen LogP contribution >= 0.6 is 23.2 Å². The summed E-state index contributed by atoms with van der Waals surface area (Å²) in [7, 11) is 0. The van der Waals surface area contributed by atoms with Crippen LogP contribution in [0.2, 0.25) is 5.82 Å². The fourth-order valence-electron chi connectivity index (χ4n) is 5.63. The van der Waals surface area contributed by atoms with Gasteiger partial charge in [-0.05, 0) is 52.8 Å². The Kier molecular flexibility index (Phi) is 9.37. The maximum Gasteiger partial charge on any atom is 0.217 e. The molecule has 1 aliphatic heterocycles. The van der Waals surface area contributed by atoms with Gasteiger partial charge in [-0.2, -0.15) is 0 Å². The number of halogens is 2. The average molecular weight is 481 g/mol. The molecule has 0 radical (unpaired) electrons. The zero-order valence-electron chi connectivity index (χ0n) is 21.0. The molecule has 3 heteroatoms. The molecule has 3 aliphatic rings. The smallest absolute Gasteiger partial charge is 0.102 e. The van der Waals surface area contributed by atoms with E-state index in [-0.39, 0.29) is 0 Å². The zero-order valence-corrected chi connectivity index (χ0v) is 22.5. The summed E-state index contributed by atoms with van der Waals surface area (Å²) in [5.74, 6) is 1.20. The molecule has 0 N–H and O–H groups in total. The highest BCUT2D eigenvalue weighted by molar-refractivity contribution is 6.88. The van der Waals surface area contributed by atoms with Gasteiger partial charge in [-0.3, -0.25) is 0 Å². The maximum absolute atomic E-state index is 5.30. The van der Waals surface area contributed by atoms with Crippen LogP contribution in [0, 0.1) is 26.7 Å². The molecule has 1 fully saturated rings. The number of aryl methyl sites for hydroxylation is 3. The molecule has 0 amide bonds. The molecule has 2 atom stereocenters. The Balaban J connectivity index is 0.000000256. The standard InChI is InChI=1S/C22H23B.C5H10.C3H6Cl2/c1-15-12-16(2)22(17(3)13-15)23-20-10-6-4-8-18(20)14-19-9-5-7-11-21(19)23;1-2-4-5-3-1;1-3(2,4)5/h4-13,18,20H,14H2,1-3H3;1-5H2;1-2H3. The van der Waals surface area contributed by atoms with Crippen LogP contribution in [0.4, 0.5) is 0 Å². The van der Waals surface area contributed by atoms with E-state index in [1.165, 1.54) is 71.7 Å². The first-order valence-corrected chi connectivity index (χ1v) is 13.3. The van der Waals surface area contributed by atoms with E-state index in [2.05, 4.69) is 81.5 Å². The molecule has 0 aromatic heterocycles. The largest absolute Gasteiger partial charge is 0.217 e. The Labute approximate surface area is 212 Å². The summed E-state index contributed by atoms with van der Waals surface area (Å²) in [5, 5.41) is 0. The Hall–Kier alpha value is -1.44. The van der Waals surface area contributed by atoms with Gasteiger partial charge < -0.3 is 0 Å². The topological polar surface area (TPSA) is 0 Å². The third-order valence-electron chi connectivity index (χ3n) is 6.83. The molecule has 5 rings (SSSR count). The van der Waals surface area contributed by atoms with Gasteiger partial charge in [-0.25, -0.2) is 0 Å². The van der Waals surface area contributed by atoms with Gasteiger partial charge in [-0.1, -0.05) is 126 Å². The average Bonchev–Trinajstić information content (AvgIpc) is 3.31.